The van der Waals surface area contributed by atoms with Crippen molar-refractivity contribution < 1.29 is 42.7 Å². The molecule has 0 radical (unpaired) electrons. The molecule has 0 spiro atoms. The molecule has 0 heterocycles. The summed E-state index contributed by atoms with van der Waals surface area (Å²) in [5.74, 6) is -1.79. The standard InChI is InChI=1S/C49H92NO9P/c1-3-5-7-9-11-13-15-17-19-20-21-22-23-24-25-26-27-28-30-32-34-36-38-40-42-56-43-46(44-57-60(54,55)58-45-47(50)49(52)53)59-48(51)41-39-37-35-33-31-29-18-16-14-12-10-8-6-4-2/h10,12,16,18,20-21,46-47H,3-9,11,13-15,17,19,22-45,50H2,1-2H3,(H,52,53)(H,54,55)/b12-10-,18-16-,21-20-. The highest BCUT2D eigenvalue weighted by atomic mass is 31.2. The number of carbonyl (C=O) groups is 2. The van der Waals surface area contributed by atoms with Crippen LogP contribution in [0.15, 0.2) is 36.5 Å². The van der Waals surface area contributed by atoms with Crippen molar-refractivity contribution in [3.05, 3.63) is 36.5 Å². The van der Waals surface area contributed by atoms with Gasteiger partial charge >= 0.3 is 19.8 Å². The number of nitrogens with two attached hydrogens (primary N) is 1. The Balaban J connectivity index is 4.10. The summed E-state index contributed by atoms with van der Waals surface area (Å²) in [7, 11) is -4.62. The van der Waals surface area contributed by atoms with E-state index >= 15 is 0 Å². The quantitative estimate of drug-likeness (QED) is 0.0233. The lowest BCUT2D eigenvalue weighted by molar-refractivity contribution is -0.154. The van der Waals surface area contributed by atoms with Crippen molar-refractivity contribution in [1.82, 2.24) is 0 Å². The predicted molar refractivity (Wildman–Crippen MR) is 249 cm³/mol. The molecule has 11 heteroatoms. The highest BCUT2D eigenvalue weighted by Crippen LogP contribution is 2.43. The molecule has 3 unspecified atom stereocenters. The number of aliphatic carboxylic acids is 1. The molecule has 352 valence electrons. The summed E-state index contributed by atoms with van der Waals surface area (Å²) < 4.78 is 33.4. The third-order valence-electron chi connectivity index (χ3n) is 10.6. The summed E-state index contributed by atoms with van der Waals surface area (Å²) in [5, 5.41) is 8.91. The molecule has 0 fully saturated rings. The predicted octanol–water partition coefficient (Wildman–Crippen LogP) is 14.0. The second-order valence-corrected chi connectivity index (χ2v) is 18.0. The number of phosphoric acid groups is 1. The lowest BCUT2D eigenvalue weighted by Gasteiger charge is -2.20. The Labute approximate surface area is 367 Å². The molecule has 0 saturated carbocycles. The fourth-order valence-corrected chi connectivity index (χ4v) is 7.57. The van der Waals surface area contributed by atoms with Gasteiger partial charge in [0.1, 0.15) is 12.1 Å². The minimum absolute atomic E-state index is 0.0124. The van der Waals surface area contributed by atoms with Gasteiger partial charge in [-0.05, 0) is 64.2 Å². The minimum atomic E-state index is -4.62. The van der Waals surface area contributed by atoms with Crippen molar-refractivity contribution in [3.8, 4) is 0 Å². The topological polar surface area (TPSA) is 155 Å². The highest BCUT2D eigenvalue weighted by Gasteiger charge is 2.27. The van der Waals surface area contributed by atoms with Gasteiger partial charge in [0, 0.05) is 13.0 Å². The molecule has 0 aromatic carbocycles. The van der Waals surface area contributed by atoms with Gasteiger partial charge in [-0.15, -0.1) is 0 Å². The number of unbranched alkanes of at least 4 members (excludes halogenated alkanes) is 27. The van der Waals surface area contributed by atoms with E-state index in [4.69, 9.17) is 29.4 Å². The molecule has 0 aromatic heterocycles. The number of carboxylic acid groups (broad SMARTS) is 1. The molecule has 60 heavy (non-hydrogen) atoms. The summed E-state index contributed by atoms with van der Waals surface area (Å²) in [5.41, 5.74) is 5.36. The fourth-order valence-electron chi connectivity index (χ4n) is 6.79. The lowest BCUT2D eigenvalue weighted by Crippen LogP contribution is -2.34. The summed E-state index contributed by atoms with van der Waals surface area (Å²) >= 11 is 0. The fraction of sp³-hybridized carbons (Fsp3) is 0.837. The van der Waals surface area contributed by atoms with E-state index in [1.165, 1.54) is 135 Å². The molecule has 4 N–H and O–H groups in total. The maximum Gasteiger partial charge on any atom is 0.472 e. The monoisotopic (exact) mass is 870 g/mol. The van der Waals surface area contributed by atoms with Crippen LogP contribution in [0.1, 0.15) is 226 Å². The normalized spacial score (nSPS) is 14.1. The van der Waals surface area contributed by atoms with Crippen LogP contribution in [0, 0.1) is 0 Å². The Morgan fingerprint density at radius 1 is 0.533 bits per heavy atom. The second kappa shape index (κ2) is 45.2. The number of esters is 1. The van der Waals surface area contributed by atoms with Crippen molar-refractivity contribution >= 4 is 19.8 Å². The zero-order valence-corrected chi connectivity index (χ0v) is 39.5. The number of hydrogen-bond donors (Lipinski definition) is 3. The van der Waals surface area contributed by atoms with Gasteiger partial charge in [-0.1, -0.05) is 192 Å². The number of allylic oxidation sites excluding steroid dienone is 6. The summed E-state index contributed by atoms with van der Waals surface area (Å²) in [6.45, 7) is 3.84. The molecule has 10 nitrogen and oxygen atoms in total. The first kappa shape index (κ1) is 58.2. The second-order valence-electron chi connectivity index (χ2n) is 16.6. The Hall–Kier alpha value is -1.81. The van der Waals surface area contributed by atoms with Gasteiger partial charge in [0.05, 0.1) is 19.8 Å². The number of carbonyl (C=O) groups excluding carboxylic acids is 1. The summed E-state index contributed by atoms with van der Waals surface area (Å²) in [6, 6.07) is -1.48. The third kappa shape index (κ3) is 44.3. The molecule has 3 atom stereocenters. The van der Waals surface area contributed by atoms with E-state index in [0.29, 0.717) is 13.0 Å². The summed E-state index contributed by atoms with van der Waals surface area (Å²) in [6.07, 6.45) is 52.1. The van der Waals surface area contributed by atoms with Crippen LogP contribution in [0.5, 0.6) is 0 Å². The van der Waals surface area contributed by atoms with Crippen molar-refractivity contribution in [2.75, 3.05) is 26.4 Å². The van der Waals surface area contributed by atoms with E-state index in [0.717, 1.165) is 64.2 Å². The third-order valence-corrected chi connectivity index (χ3v) is 11.6. The van der Waals surface area contributed by atoms with E-state index in [1.54, 1.807) is 0 Å². The molecule has 0 aliphatic heterocycles. The van der Waals surface area contributed by atoms with Gasteiger partial charge < -0.3 is 25.2 Å². The first-order valence-corrected chi connectivity index (χ1v) is 26.0. The van der Waals surface area contributed by atoms with Crippen LogP contribution in [-0.4, -0.2) is 60.5 Å². The van der Waals surface area contributed by atoms with Crippen molar-refractivity contribution in [2.45, 2.75) is 238 Å². The molecule has 0 aliphatic rings. The van der Waals surface area contributed by atoms with E-state index in [2.05, 4.69) is 50.3 Å². The number of rotatable bonds is 47. The average Bonchev–Trinajstić information content (AvgIpc) is 3.23. The summed E-state index contributed by atoms with van der Waals surface area (Å²) in [4.78, 5) is 33.6. The van der Waals surface area contributed by atoms with E-state index in [9.17, 15) is 19.0 Å². The zero-order valence-electron chi connectivity index (χ0n) is 38.6. The minimum Gasteiger partial charge on any atom is -0.480 e. The molecule has 0 amide bonds. The number of carboxylic acids is 1. The van der Waals surface area contributed by atoms with Crippen molar-refractivity contribution in [2.24, 2.45) is 5.73 Å². The van der Waals surface area contributed by atoms with Gasteiger partial charge in [-0.25, -0.2) is 4.57 Å². The van der Waals surface area contributed by atoms with Crippen LogP contribution in [0.4, 0.5) is 0 Å². The Bertz CT molecular complexity index is 1100. The van der Waals surface area contributed by atoms with Crippen molar-refractivity contribution in [1.29, 1.82) is 0 Å². The molecule has 0 saturated heterocycles. The highest BCUT2D eigenvalue weighted by molar-refractivity contribution is 7.47. The molecule has 0 aliphatic carbocycles. The van der Waals surface area contributed by atoms with Crippen LogP contribution in [0.3, 0.4) is 0 Å². The zero-order chi connectivity index (χ0) is 44.0. The average molecular weight is 870 g/mol. The Kier molecular flexibility index (Phi) is 43.9. The van der Waals surface area contributed by atoms with Gasteiger partial charge in [0.15, 0.2) is 0 Å². The molecule has 0 aromatic rings. The van der Waals surface area contributed by atoms with E-state index < -0.39 is 45.1 Å². The molecular formula is C49H92NO9P. The number of hydrogen-bond acceptors (Lipinski definition) is 8. The first-order valence-electron chi connectivity index (χ1n) is 24.5. The van der Waals surface area contributed by atoms with Crippen LogP contribution >= 0.6 is 7.82 Å². The Morgan fingerprint density at radius 3 is 1.42 bits per heavy atom. The maximum atomic E-state index is 12.6. The lowest BCUT2D eigenvalue weighted by atomic mass is 10.0. The van der Waals surface area contributed by atoms with Crippen LogP contribution < -0.4 is 5.73 Å². The van der Waals surface area contributed by atoms with Gasteiger partial charge in [0.2, 0.25) is 0 Å². The van der Waals surface area contributed by atoms with Crippen molar-refractivity contribution in [3.63, 3.8) is 0 Å². The number of ether oxygens (including phenoxy) is 2. The number of phosphoric ester groups is 1. The van der Waals surface area contributed by atoms with Gasteiger partial charge in [-0.2, -0.15) is 0 Å². The van der Waals surface area contributed by atoms with Gasteiger partial charge in [-0.3, -0.25) is 18.6 Å². The maximum absolute atomic E-state index is 12.6. The molecule has 0 rings (SSSR count). The van der Waals surface area contributed by atoms with E-state index in [1.807, 2.05) is 0 Å². The first-order chi connectivity index (χ1) is 29.2. The van der Waals surface area contributed by atoms with Crippen LogP contribution in [-0.2, 0) is 32.7 Å². The smallest absolute Gasteiger partial charge is 0.472 e. The van der Waals surface area contributed by atoms with E-state index in [-0.39, 0.29) is 13.0 Å². The molecular weight excluding hydrogens is 778 g/mol. The van der Waals surface area contributed by atoms with Crippen LogP contribution in [0.2, 0.25) is 0 Å². The largest absolute Gasteiger partial charge is 0.480 e. The Morgan fingerprint density at radius 2 is 0.933 bits per heavy atom. The van der Waals surface area contributed by atoms with Crippen LogP contribution in [0.25, 0.3) is 0 Å². The molecule has 0 bridgehead atoms. The SMILES string of the molecule is CCCC/C=C\C/C=C\CCCCCCCC(=O)OC(COCCCCCCCCCCCCCC/C=C\CCCCCCCCCC)COP(=O)(O)OCC(N)C(=O)O. The van der Waals surface area contributed by atoms with Gasteiger partial charge in [0.25, 0.3) is 0 Å².